The van der Waals surface area contributed by atoms with Crippen LogP contribution in [0.25, 0.3) is 0 Å². The molecular formula is C10H14ClN3O. The molecule has 82 valence electrons. The smallest absolute Gasteiger partial charge is 0.233 e. The lowest BCUT2D eigenvalue weighted by Crippen LogP contribution is -2.32. The standard InChI is InChI=1S/C10H14ClN3O/c1-12-9(15)7-14(2)6-8-4-3-5-13-10(8)11/h3-5H,6-7H2,1-2H3,(H,12,15). The Morgan fingerprint density at radius 1 is 1.67 bits per heavy atom. The van der Waals surface area contributed by atoms with Crippen LogP contribution in [0, 0.1) is 0 Å². The third-order valence-corrected chi connectivity index (χ3v) is 2.31. The maximum Gasteiger partial charge on any atom is 0.233 e. The third-order valence-electron chi connectivity index (χ3n) is 1.97. The van der Waals surface area contributed by atoms with Gasteiger partial charge in [-0.1, -0.05) is 17.7 Å². The number of halogens is 1. The Morgan fingerprint density at radius 2 is 2.40 bits per heavy atom. The normalized spacial score (nSPS) is 10.4. The Morgan fingerprint density at radius 3 is 3.00 bits per heavy atom. The van der Waals surface area contributed by atoms with E-state index in [2.05, 4.69) is 10.3 Å². The first-order chi connectivity index (χ1) is 7.13. The van der Waals surface area contributed by atoms with E-state index in [-0.39, 0.29) is 5.91 Å². The molecule has 0 spiro atoms. The highest BCUT2D eigenvalue weighted by molar-refractivity contribution is 6.30. The highest BCUT2D eigenvalue weighted by atomic mass is 35.5. The quantitative estimate of drug-likeness (QED) is 0.778. The molecule has 0 saturated heterocycles. The SMILES string of the molecule is CNC(=O)CN(C)Cc1cccnc1Cl. The van der Waals surface area contributed by atoms with Crippen LogP contribution in [0.15, 0.2) is 18.3 Å². The van der Waals surface area contributed by atoms with Gasteiger partial charge in [-0.2, -0.15) is 0 Å². The van der Waals surface area contributed by atoms with Crippen LogP contribution >= 0.6 is 11.6 Å². The number of nitrogens with zero attached hydrogens (tertiary/aromatic N) is 2. The predicted molar refractivity (Wildman–Crippen MR) is 59.6 cm³/mol. The van der Waals surface area contributed by atoms with E-state index in [0.29, 0.717) is 18.2 Å². The highest BCUT2D eigenvalue weighted by Crippen LogP contribution is 2.12. The Hall–Kier alpha value is -1.13. The van der Waals surface area contributed by atoms with Gasteiger partial charge >= 0.3 is 0 Å². The molecule has 1 heterocycles. The highest BCUT2D eigenvalue weighted by Gasteiger charge is 2.07. The summed E-state index contributed by atoms with van der Waals surface area (Å²) in [5.41, 5.74) is 0.922. The van der Waals surface area contributed by atoms with Gasteiger partial charge in [-0.15, -0.1) is 0 Å². The van der Waals surface area contributed by atoms with Gasteiger partial charge in [0.15, 0.2) is 0 Å². The molecule has 0 aliphatic heterocycles. The Labute approximate surface area is 94.3 Å². The summed E-state index contributed by atoms with van der Waals surface area (Å²) < 4.78 is 0. The molecule has 4 nitrogen and oxygen atoms in total. The van der Waals surface area contributed by atoms with Gasteiger partial charge < -0.3 is 5.32 Å². The summed E-state index contributed by atoms with van der Waals surface area (Å²) in [7, 11) is 3.48. The maximum atomic E-state index is 11.1. The summed E-state index contributed by atoms with van der Waals surface area (Å²) in [4.78, 5) is 16.9. The fourth-order valence-electron chi connectivity index (χ4n) is 1.21. The summed E-state index contributed by atoms with van der Waals surface area (Å²) in [6.45, 7) is 0.960. The number of pyridine rings is 1. The fraction of sp³-hybridized carbons (Fsp3) is 0.400. The molecule has 0 radical (unpaired) electrons. The number of nitrogens with one attached hydrogen (secondary N) is 1. The van der Waals surface area contributed by atoms with E-state index in [1.807, 2.05) is 24.1 Å². The summed E-state index contributed by atoms with van der Waals surface area (Å²) in [5, 5.41) is 3.05. The number of amides is 1. The average molecular weight is 228 g/mol. The average Bonchev–Trinajstić information content (AvgIpc) is 2.21. The lowest BCUT2D eigenvalue weighted by molar-refractivity contribution is -0.121. The van der Waals surface area contributed by atoms with E-state index < -0.39 is 0 Å². The van der Waals surface area contributed by atoms with Crippen molar-refractivity contribution in [3.63, 3.8) is 0 Å². The number of hydrogen-bond acceptors (Lipinski definition) is 3. The molecule has 1 N–H and O–H groups in total. The molecule has 0 bridgehead atoms. The van der Waals surface area contributed by atoms with Crippen LogP contribution < -0.4 is 5.32 Å². The second-order valence-electron chi connectivity index (χ2n) is 3.30. The Balaban J connectivity index is 2.55. The number of carbonyl (C=O) groups excluding carboxylic acids is 1. The van der Waals surface area contributed by atoms with Crippen molar-refractivity contribution in [2.45, 2.75) is 6.54 Å². The van der Waals surface area contributed by atoms with Gasteiger partial charge in [0.1, 0.15) is 5.15 Å². The molecular weight excluding hydrogens is 214 g/mol. The predicted octanol–water partition coefficient (Wildman–Crippen LogP) is 0.913. The van der Waals surface area contributed by atoms with Crippen molar-refractivity contribution in [3.8, 4) is 0 Å². The molecule has 15 heavy (non-hydrogen) atoms. The molecule has 1 amide bonds. The molecule has 0 aliphatic carbocycles. The number of hydrogen-bond donors (Lipinski definition) is 1. The van der Waals surface area contributed by atoms with E-state index in [4.69, 9.17) is 11.6 Å². The maximum absolute atomic E-state index is 11.1. The monoisotopic (exact) mass is 227 g/mol. The van der Waals surface area contributed by atoms with Crippen LogP contribution in [0.2, 0.25) is 5.15 Å². The van der Waals surface area contributed by atoms with Gasteiger partial charge in [0.25, 0.3) is 0 Å². The zero-order valence-corrected chi connectivity index (χ0v) is 9.58. The Kier molecular flexibility index (Phi) is 4.52. The number of aromatic nitrogens is 1. The lowest BCUT2D eigenvalue weighted by Gasteiger charge is -2.15. The second-order valence-corrected chi connectivity index (χ2v) is 3.66. The van der Waals surface area contributed by atoms with E-state index in [0.717, 1.165) is 5.56 Å². The van der Waals surface area contributed by atoms with Crippen LogP contribution in [0.3, 0.4) is 0 Å². The topological polar surface area (TPSA) is 45.2 Å². The zero-order valence-electron chi connectivity index (χ0n) is 8.83. The minimum atomic E-state index is -0.0162. The second kappa shape index (κ2) is 5.68. The molecule has 0 unspecified atom stereocenters. The fourth-order valence-corrected chi connectivity index (χ4v) is 1.39. The van der Waals surface area contributed by atoms with Crippen LogP contribution in [-0.4, -0.2) is 36.4 Å². The van der Waals surface area contributed by atoms with Crippen molar-refractivity contribution >= 4 is 17.5 Å². The summed E-state index contributed by atoms with van der Waals surface area (Å²) in [6.07, 6.45) is 1.64. The van der Waals surface area contributed by atoms with E-state index in [1.165, 1.54) is 0 Å². The summed E-state index contributed by atoms with van der Waals surface area (Å²) in [5.74, 6) is -0.0162. The first-order valence-corrected chi connectivity index (χ1v) is 4.99. The van der Waals surface area contributed by atoms with Crippen molar-refractivity contribution in [1.29, 1.82) is 0 Å². The molecule has 0 fully saturated rings. The van der Waals surface area contributed by atoms with Crippen LogP contribution in [-0.2, 0) is 11.3 Å². The largest absolute Gasteiger partial charge is 0.358 e. The van der Waals surface area contributed by atoms with Gasteiger partial charge in [-0.05, 0) is 13.1 Å². The van der Waals surface area contributed by atoms with Crippen LogP contribution in [0.5, 0.6) is 0 Å². The summed E-state index contributed by atoms with van der Waals surface area (Å²) >= 11 is 5.90. The van der Waals surface area contributed by atoms with Crippen LogP contribution in [0.4, 0.5) is 0 Å². The molecule has 5 heteroatoms. The Bertz CT molecular complexity index is 343. The summed E-state index contributed by atoms with van der Waals surface area (Å²) in [6, 6.07) is 3.73. The number of likely N-dealkylation sites (N-methyl/N-ethyl adjacent to an activating group) is 2. The van der Waals surface area contributed by atoms with E-state index in [9.17, 15) is 4.79 Å². The molecule has 1 aromatic heterocycles. The van der Waals surface area contributed by atoms with Crippen molar-refractivity contribution in [1.82, 2.24) is 15.2 Å². The number of carbonyl (C=O) groups is 1. The molecule has 1 rings (SSSR count). The molecule has 0 aliphatic rings. The van der Waals surface area contributed by atoms with E-state index >= 15 is 0 Å². The number of rotatable bonds is 4. The minimum absolute atomic E-state index is 0.0162. The van der Waals surface area contributed by atoms with Crippen molar-refractivity contribution < 1.29 is 4.79 Å². The molecule has 0 aromatic carbocycles. The van der Waals surface area contributed by atoms with Gasteiger partial charge in [-0.3, -0.25) is 9.69 Å². The molecule has 0 atom stereocenters. The third kappa shape index (κ3) is 3.85. The van der Waals surface area contributed by atoms with Crippen molar-refractivity contribution in [2.24, 2.45) is 0 Å². The van der Waals surface area contributed by atoms with Gasteiger partial charge in [0.05, 0.1) is 6.54 Å². The molecule has 1 aromatic rings. The van der Waals surface area contributed by atoms with Crippen molar-refractivity contribution in [3.05, 3.63) is 29.0 Å². The van der Waals surface area contributed by atoms with Crippen molar-refractivity contribution in [2.75, 3.05) is 20.6 Å². The first kappa shape index (κ1) is 11.9. The molecule has 0 saturated carbocycles. The van der Waals surface area contributed by atoms with Gasteiger partial charge in [0.2, 0.25) is 5.91 Å². The minimum Gasteiger partial charge on any atom is -0.358 e. The lowest BCUT2D eigenvalue weighted by atomic mass is 10.2. The van der Waals surface area contributed by atoms with E-state index in [1.54, 1.807) is 13.2 Å². The van der Waals surface area contributed by atoms with Crippen LogP contribution in [0.1, 0.15) is 5.56 Å². The zero-order chi connectivity index (χ0) is 11.3. The first-order valence-electron chi connectivity index (χ1n) is 4.62. The van der Waals surface area contributed by atoms with Gasteiger partial charge in [0, 0.05) is 25.4 Å². The van der Waals surface area contributed by atoms with Gasteiger partial charge in [-0.25, -0.2) is 4.98 Å².